The third kappa shape index (κ3) is 4.07. The van der Waals surface area contributed by atoms with Crippen molar-refractivity contribution in [2.45, 2.75) is 25.7 Å². The second kappa shape index (κ2) is 8.37. The van der Waals surface area contributed by atoms with Crippen LogP contribution < -0.4 is 5.69 Å². The van der Waals surface area contributed by atoms with Crippen LogP contribution in [0, 0.1) is 17.7 Å². The van der Waals surface area contributed by atoms with Crippen molar-refractivity contribution in [1.29, 1.82) is 0 Å². The first-order valence-electron chi connectivity index (χ1n) is 10.6. The molecule has 2 heterocycles. The van der Waals surface area contributed by atoms with E-state index in [9.17, 15) is 9.59 Å². The van der Waals surface area contributed by atoms with E-state index in [0.717, 1.165) is 25.8 Å². The SMILES string of the molecule is O=C(C1CC1)N1CC[C@@H](Cc2n[nH]c(=O)n2-c2ccc(-c3ccc(Cl)cc3Cl)cc2F)C1. The van der Waals surface area contributed by atoms with Crippen molar-refractivity contribution in [2.75, 3.05) is 13.1 Å². The molecule has 0 unspecified atom stereocenters. The van der Waals surface area contributed by atoms with Gasteiger partial charge in [0.05, 0.1) is 5.69 Å². The van der Waals surface area contributed by atoms with E-state index in [2.05, 4.69) is 10.2 Å². The Morgan fingerprint density at radius 1 is 1.16 bits per heavy atom. The summed E-state index contributed by atoms with van der Waals surface area (Å²) in [5.41, 5.74) is 0.847. The molecule has 1 aliphatic carbocycles. The van der Waals surface area contributed by atoms with E-state index < -0.39 is 11.5 Å². The number of halogens is 3. The topological polar surface area (TPSA) is 71.0 Å². The summed E-state index contributed by atoms with van der Waals surface area (Å²) in [6, 6.07) is 9.62. The number of hydrogen-bond donors (Lipinski definition) is 1. The first-order valence-corrected chi connectivity index (χ1v) is 11.4. The van der Waals surface area contributed by atoms with Gasteiger partial charge < -0.3 is 4.90 Å². The van der Waals surface area contributed by atoms with Crippen molar-refractivity contribution in [3.8, 4) is 16.8 Å². The molecule has 1 saturated carbocycles. The number of H-pyrrole nitrogens is 1. The Kier molecular flexibility index (Phi) is 5.55. The molecule has 2 aromatic carbocycles. The van der Waals surface area contributed by atoms with E-state index in [1.54, 1.807) is 30.3 Å². The lowest BCUT2D eigenvalue weighted by atomic mass is 10.0. The van der Waals surface area contributed by atoms with Crippen LogP contribution >= 0.6 is 23.2 Å². The lowest BCUT2D eigenvalue weighted by Crippen LogP contribution is -2.30. The van der Waals surface area contributed by atoms with Gasteiger partial charge in [0.1, 0.15) is 11.6 Å². The summed E-state index contributed by atoms with van der Waals surface area (Å²) in [6.07, 6.45) is 3.29. The van der Waals surface area contributed by atoms with Gasteiger partial charge in [-0.2, -0.15) is 5.10 Å². The van der Waals surface area contributed by atoms with Crippen LogP contribution in [0.15, 0.2) is 41.2 Å². The molecule has 2 fully saturated rings. The van der Waals surface area contributed by atoms with Crippen molar-refractivity contribution in [1.82, 2.24) is 19.7 Å². The average Bonchev–Trinajstić information content (AvgIpc) is 3.41. The predicted molar refractivity (Wildman–Crippen MR) is 121 cm³/mol. The van der Waals surface area contributed by atoms with Gasteiger partial charge in [0.15, 0.2) is 0 Å². The second-order valence-electron chi connectivity index (χ2n) is 8.49. The highest BCUT2D eigenvalue weighted by molar-refractivity contribution is 6.36. The van der Waals surface area contributed by atoms with Crippen molar-refractivity contribution >= 4 is 29.1 Å². The number of nitrogens with zero attached hydrogens (tertiary/aromatic N) is 3. The van der Waals surface area contributed by atoms with Crippen LogP contribution in [0.5, 0.6) is 0 Å². The van der Waals surface area contributed by atoms with Crippen LogP contribution in [0.25, 0.3) is 16.8 Å². The highest BCUT2D eigenvalue weighted by atomic mass is 35.5. The Morgan fingerprint density at radius 3 is 2.69 bits per heavy atom. The third-order valence-corrected chi connectivity index (χ3v) is 6.72. The maximum atomic E-state index is 15.1. The summed E-state index contributed by atoms with van der Waals surface area (Å²) in [4.78, 5) is 26.7. The molecule has 3 aromatic rings. The summed E-state index contributed by atoms with van der Waals surface area (Å²) in [7, 11) is 0. The number of aromatic amines is 1. The van der Waals surface area contributed by atoms with Crippen LogP contribution in [0.3, 0.4) is 0 Å². The number of likely N-dealkylation sites (tertiary alicyclic amines) is 1. The number of carbonyl (C=O) groups excluding carboxylic acids is 1. The summed E-state index contributed by atoms with van der Waals surface area (Å²) >= 11 is 12.2. The molecule has 1 aromatic heterocycles. The Hall–Kier alpha value is -2.64. The molecule has 5 rings (SSSR count). The number of benzene rings is 2. The number of hydrogen-bond acceptors (Lipinski definition) is 3. The zero-order valence-corrected chi connectivity index (χ0v) is 18.7. The lowest BCUT2D eigenvalue weighted by molar-refractivity contribution is -0.131. The number of carbonyl (C=O) groups is 1. The minimum Gasteiger partial charge on any atom is -0.342 e. The minimum atomic E-state index is -0.560. The number of amides is 1. The van der Waals surface area contributed by atoms with E-state index in [4.69, 9.17) is 23.2 Å². The maximum absolute atomic E-state index is 15.1. The maximum Gasteiger partial charge on any atom is 0.348 e. The largest absolute Gasteiger partial charge is 0.348 e. The van der Waals surface area contributed by atoms with Gasteiger partial charge in [0.2, 0.25) is 5.91 Å². The molecule has 0 bridgehead atoms. The average molecular weight is 475 g/mol. The van der Waals surface area contributed by atoms with Gasteiger partial charge in [0, 0.05) is 41.0 Å². The molecule has 1 N–H and O–H groups in total. The highest BCUT2D eigenvalue weighted by Gasteiger charge is 2.37. The fourth-order valence-corrected chi connectivity index (χ4v) is 4.86. The van der Waals surface area contributed by atoms with Crippen molar-refractivity contribution in [3.63, 3.8) is 0 Å². The lowest BCUT2D eigenvalue weighted by Gasteiger charge is -2.16. The van der Waals surface area contributed by atoms with Gasteiger partial charge >= 0.3 is 5.69 Å². The number of aromatic nitrogens is 3. The van der Waals surface area contributed by atoms with E-state index in [1.807, 2.05) is 4.90 Å². The molecule has 9 heteroatoms. The van der Waals surface area contributed by atoms with Gasteiger partial charge in [-0.1, -0.05) is 35.3 Å². The summed E-state index contributed by atoms with van der Waals surface area (Å²) in [5.74, 6) is 0.502. The molecule has 6 nitrogen and oxygen atoms in total. The van der Waals surface area contributed by atoms with Crippen LogP contribution in [0.4, 0.5) is 4.39 Å². The Balaban J connectivity index is 1.39. The molecule has 1 atom stereocenters. The summed E-state index contributed by atoms with van der Waals surface area (Å²) < 4.78 is 16.4. The van der Waals surface area contributed by atoms with Gasteiger partial charge in [-0.05, 0) is 55.0 Å². The first kappa shape index (κ1) is 21.2. The van der Waals surface area contributed by atoms with Gasteiger partial charge in [-0.15, -0.1) is 0 Å². The fourth-order valence-electron chi connectivity index (χ4n) is 4.34. The molecule has 2 aliphatic rings. The molecular formula is C23H21Cl2FN4O2. The normalized spacial score (nSPS) is 18.3. The van der Waals surface area contributed by atoms with Crippen molar-refractivity contribution in [2.24, 2.45) is 11.8 Å². The number of nitrogens with one attached hydrogen (secondary N) is 1. The highest BCUT2D eigenvalue weighted by Crippen LogP contribution is 2.34. The molecule has 0 spiro atoms. The van der Waals surface area contributed by atoms with E-state index in [1.165, 1.54) is 10.6 Å². The first-order chi connectivity index (χ1) is 15.4. The standard InChI is InChI=1S/C23H21Cl2FN4O2/c24-16-4-5-17(18(25)11-16)15-3-6-20(19(26)10-15)30-21(27-28-23(30)32)9-13-7-8-29(12-13)22(31)14-1-2-14/h3-6,10-11,13-14H,1-2,7-9,12H2,(H,28,32)/t13-/m0/s1. The molecule has 32 heavy (non-hydrogen) atoms. The zero-order chi connectivity index (χ0) is 22.4. The zero-order valence-electron chi connectivity index (χ0n) is 17.2. The van der Waals surface area contributed by atoms with E-state index in [-0.39, 0.29) is 23.4 Å². The van der Waals surface area contributed by atoms with Crippen LogP contribution in [0.2, 0.25) is 10.0 Å². The Morgan fingerprint density at radius 2 is 1.97 bits per heavy atom. The quantitative estimate of drug-likeness (QED) is 0.592. The number of rotatable bonds is 5. The van der Waals surface area contributed by atoms with Gasteiger partial charge in [-0.25, -0.2) is 18.9 Å². The predicted octanol–water partition coefficient (Wildman–Crippen LogP) is 4.47. The fraction of sp³-hybridized carbons (Fsp3) is 0.348. The molecular weight excluding hydrogens is 454 g/mol. The monoisotopic (exact) mass is 474 g/mol. The molecule has 166 valence electrons. The Labute approximate surface area is 194 Å². The molecule has 1 amide bonds. The van der Waals surface area contributed by atoms with Gasteiger partial charge in [0.25, 0.3) is 0 Å². The van der Waals surface area contributed by atoms with Crippen LogP contribution in [-0.2, 0) is 11.2 Å². The molecule has 0 radical (unpaired) electrons. The van der Waals surface area contributed by atoms with Crippen LogP contribution in [0.1, 0.15) is 25.1 Å². The summed E-state index contributed by atoms with van der Waals surface area (Å²) in [5, 5.41) is 7.48. The summed E-state index contributed by atoms with van der Waals surface area (Å²) in [6.45, 7) is 1.37. The Bertz CT molecular complexity index is 1250. The van der Waals surface area contributed by atoms with E-state index in [0.29, 0.717) is 40.0 Å². The molecule has 1 aliphatic heterocycles. The van der Waals surface area contributed by atoms with Crippen LogP contribution in [-0.4, -0.2) is 38.7 Å². The second-order valence-corrected chi connectivity index (χ2v) is 9.33. The van der Waals surface area contributed by atoms with Crippen molar-refractivity contribution < 1.29 is 9.18 Å². The minimum absolute atomic E-state index is 0.122. The van der Waals surface area contributed by atoms with Crippen molar-refractivity contribution in [3.05, 3.63) is 68.6 Å². The van der Waals surface area contributed by atoms with Gasteiger partial charge in [-0.3, -0.25) is 4.79 Å². The smallest absolute Gasteiger partial charge is 0.342 e. The molecule has 1 saturated heterocycles. The third-order valence-electron chi connectivity index (χ3n) is 6.17. The van der Waals surface area contributed by atoms with E-state index >= 15 is 4.39 Å².